The first kappa shape index (κ1) is 13.7. The third kappa shape index (κ3) is 2.94. The fraction of sp³-hybridized carbons (Fsp3) is 0.467. The van der Waals surface area contributed by atoms with Crippen LogP contribution in [-0.4, -0.2) is 26.1 Å². The third-order valence-electron chi connectivity index (χ3n) is 3.47. The van der Waals surface area contributed by atoms with Crippen LogP contribution in [0.4, 0.5) is 5.69 Å². The predicted octanol–water partition coefficient (Wildman–Crippen LogP) is 2.66. The van der Waals surface area contributed by atoms with E-state index in [2.05, 4.69) is 20.8 Å². The van der Waals surface area contributed by atoms with E-state index in [1.54, 1.807) is 0 Å². The molecule has 110 valence electrons. The van der Waals surface area contributed by atoms with Crippen molar-refractivity contribution in [3.8, 4) is 11.4 Å². The van der Waals surface area contributed by atoms with Crippen LogP contribution < -0.4 is 5.32 Å². The molecule has 6 heteroatoms. The molecule has 0 atom stereocenters. The summed E-state index contributed by atoms with van der Waals surface area (Å²) >= 11 is 0. The average molecular weight is 285 g/mol. The first-order valence-electron chi connectivity index (χ1n) is 7.15. The number of hydrogen-bond donors (Lipinski definition) is 1. The highest BCUT2D eigenvalue weighted by atomic mass is 16.2. The Bertz CT molecular complexity index is 649. The van der Waals surface area contributed by atoms with Crippen LogP contribution in [0.5, 0.6) is 0 Å². The lowest BCUT2D eigenvalue weighted by molar-refractivity contribution is -0.123. The highest BCUT2D eigenvalue weighted by Gasteiger charge is 2.28. The number of amides is 1. The highest BCUT2D eigenvalue weighted by Crippen LogP contribution is 2.36. The Labute approximate surface area is 123 Å². The zero-order valence-electron chi connectivity index (χ0n) is 12.5. The van der Waals surface area contributed by atoms with E-state index in [-0.39, 0.29) is 5.91 Å². The molecule has 0 spiro atoms. The normalized spacial score (nSPS) is 15.0. The lowest BCUT2D eigenvalue weighted by Gasteiger charge is -2.17. The second kappa shape index (κ2) is 4.95. The van der Waals surface area contributed by atoms with E-state index in [1.165, 1.54) is 0 Å². The van der Waals surface area contributed by atoms with Crippen molar-refractivity contribution in [1.82, 2.24) is 20.2 Å². The molecular formula is C15H19N5O. The number of anilines is 1. The Morgan fingerprint density at radius 2 is 1.90 bits per heavy atom. The van der Waals surface area contributed by atoms with Gasteiger partial charge in [0.1, 0.15) is 0 Å². The van der Waals surface area contributed by atoms with Gasteiger partial charge in [-0.15, -0.1) is 5.10 Å². The van der Waals surface area contributed by atoms with Crippen molar-refractivity contribution in [3.63, 3.8) is 0 Å². The lowest BCUT2D eigenvalue weighted by Crippen LogP contribution is -2.27. The van der Waals surface area contributed by atoms with E-state index >= 15 is 0 Å². The molecule has 3 rings (SSSR count). The van der Waals surface area contributed by atoms with Crippen LogP contribution in [0.3, 0.4) is 0 Å². The summed E-state index contributed by atoms with van der Waals surface area (Å²) in [5.41, 5.74) is 1.33. The van der Waals surface area contributed by atoms with Crippen molar-refractivity contribution in [2.45, 2.75) is 39.7 Å². The largest absolute Gasteiger partial charge is 0.326 e. The Morgan fingerprint density at radius 3 is 2.48 bits per heavy atom. The molecule has 0 aliphatic heterocycles. The van der Waals surface area contributed by atoms with Crippen LogP contribution in [0.25, 0.3) is 11.4 Å². The smallest absolute Gasteiger partial charge is 0.229 e. The number of rotatable bonds is 3. The summed E-state index contributed by atoms with van der Waals surface area (Å²) in [5, 5.41) is 14.8. The van der Waals surface area contributed by atoms with Crippen LogP contribution in [-0.2, 0) is 4.79 Å². The number of nitrogens with zero attached hydrogens (tertiary/aromatic N) is 4. The van der Waals surface area contributed by atoms with E-state index in [1.807, 2.05) is 49.7 Å². The molecule has 1 aliphatic rings. The molecule has 1 amide bonds. The minimum atomic E-state index is -0.408. The molecule has 0 unspecified atom stereocenters. The molecule has 21 heavy (non-hydrogen) atoms. The molecule has 1 heterocycles. The van der Waals surface area contributed by atoms with Crippen molar-refractivity contribution in [2.75, 3.05) is 5.32 Å². The number of tetrazole rings is 1. The third-order valence-corrected chi connectivity index (χ3v) is 3.47. The Morgan fingerprint density at radius 1 is 1.24 bits per heavy atom. The van der Waals surface area contributed by atoms with Gasteiger partial charge in [0, 0.05) is 16.7 Å². The van der Waals surface area contributed by atoms with E-state index in [9.17, 15) is 4.79 Å². The standard InChI is InChI=1S/C15H19N5O/c1-15(2,3)14(21)16-11-6-4-10(5-7-11)13-17-18-19-20(13)12-8-9-12/h4-7,12H,8-9H2,1-3H3,(H,16,21). The van der Waals surface area contributed by atoms with Crippen LogP contribution >= 0.6 is 0 Å². The Kier molecular flexibility index (Phi) is 3.23. The average Bonchev–Trinajstić information content (AvgIpc) is 3.16. The molecule has 1 N–H and O–H groups in total. The summed E-state index contributed by atoms with van der Waals surface area (Å²) in [6, 6.07) is 8.07. The quantitative estimate of drug-likeness (QED) is 0.941. The van der Waals surface area contributed by atoms with E-state index in [4.69, 9.17) is 0 Å². The molecule has 6 nitrogen and oxygen atoms in total. The first-order valence-corrected chi connectivity index (χ1v) is 7.15. The molecule has 0 bridgehead atoms. The number of aromatic nitrogens is 4. The number of nitrogens with one attached hydrogen (secondary N) is 1. The van der Waals surface area contributed by atoms with E-state index < -0.39 is 5.41 Å². The van der Waals surface area contributed by atoms with Crippen LogP contribution in [0.1, 0.15) is 39.7 Å². The van der Waals surface area contributed by atoms with Gasteiger partial charge in [0.15, 0.2) is 5.82 Å². The maximum absolute atomic E-state index is 12.0. The van der Waals surface area contributed by atoms with Gasteiger partial charge in [0.25, 0.3) is 0 Å². The van der Waals surface area contributed by atoms with Gasteiger partial charge in [0.2, 0.25) is 5.91 Å². The minimum absolute atomic E-state index is 0.00179. The molecule has 1 fully saturated rings. The topological polar surface area (TPSA) is 72.7 Å². The number of benzene rings is 1. The molecule has 1 aromatic heterocycles. The molecule has 2 aromatic rings. The molecule has 1 aromatic carbocycles. The van der Waals surface area contributed by atoms with Gasteiger partial charge < -0.3 is 5.32 Å². The van der Waals surface area contributed by atoms with Crippen molar-refractivity contribution in [3.05, 3.63) is 24.3 Å². The van der Waals surface area contributed by atoms with Crippen LogP contribution in [0.2, 0.25) is 0 Å². The summed E-state index contributed by atoms with van der Waals surface area (Å²) < 4.78 is 1.88. The van der Waals surface area contributed by atoms with Crippen LogP contribution in [0, 0.1) is 5.41 Å². The van der Waals surface area contributed by atoms with Gasteiger partial charge in [-0.2, -0.15) is 0 Å². The molecule has 1 aliphatic carbocycles. The number of hydrogen-bond acceptors (Lipinski definition) is 4. The van der Waals surface area contributed by atoms with Crippen molar-refractivity contribution < 1.29 is 4.79 Å². The first-order chi connectivity index (χ1) is 9.95. The SMILES string of the molecule is CC(C)(C)C(=O)Nc1ccc(-c2nnnn2C2CC2)cc1. The highest BCUT2D eigenvalue weighted by molar-refractivity contribution is 5.94. The zero-order valence-corrected chi connectivity index (χ0v) is 12.5. The zero-order chi connectivity index (χ0) is 15.0. The number of carbonyl (C=O) groups is 1. The van der Waals surface area contributed by atoms with Crippen molar-refractivity contribution >= 4 is 11.6 Å². The maximum atomic E-state index is 12.0. The van der Waals surface area contributed by atoms with Gasteiger partial charge in [-0.05, 0) is 47.5 Å². The van der Waals surface area contributed by atoms with Crippen LogP contribution in [0.15, 0.2) is 24.3 Å². The fourth-order valence-corrected chi connectivity index (χ4v) is 1.97. The van der Waals surface area contributed by atoms with Gasteiger partial charge >= 0.3 is 0 Å². The Hall–Kier alpha value is -2.24. The molecule has 0 radical (unpaired) electrons. The van der Waals surface area contributed by atoms with Gasteiger partial charge in [-0.25, -0.2) is 4.68 Å². The molecule has 1 saturated carbocycles. The summed E-state index contributed by atoms with van der Waals surface area (Å²) in [6.07, 6.45) is 2.27. The maximum Gasteiger partial charge on any atom is 0.229 e. The van der Waals surface area contributed by atoms with Gasteiger partial charge in [-0.3, -0.25) is 4.79 Å². The monoisotopic (exact) mass is 285 g/mol. The Balaban J connectivity index is 1.78. The summed E-state index contributed by atoms with van der Waals surface area (Å²) in [6.45, 7) is 5.67. The minimum Gasteiger partial charge on any atom is -0.326 e. The second-order valence-corrected chi connectivity index (χ2v) is 6.46. The number of carbonyl (C=O) groups excluding carboxylic acids is 1. The second-order valence-electron chi connectivity index (χ2n) is 6.46. The summed E-state index contributed by atoms with van der Waals surface area (Å²) in [4.78, 5) is 12.0. The molecule has 0 saturated heterocycles. The van der Waals surface area contributed by atoms with Crippen molar-refractivity contribution in [2.24, 2.45) is 5.41 Å². The summed E-state index contributed by atoms with van der Waals surface area (Å²) in [5.74, 6) is 0.782. The predicted molar refractivity (Wildman–Crippen MR) is 79.6 cm³/mol. The van der Waals surface area contributed by atoms with Gasteiger partial charge in [-0.1, -0.05) is 20.8 Å². The lowest BCUT2D eigenvalue weighted by atomic mass is 9.95. The van der Waals surface area contributed by atoms with E-state index in [0.717, 1.165) is 29.9 Å². The fourth-order valence-electron chi connectivity index (χ4n) is 1.97. The van der Waals surface area contributed by atoms with E-state index in [0.29, 0.717) is 6.04 Å². The van der Waals surface area contributed by atoms with Crippen molar-refractivity contribution in [1.29, 1.82) is 0 Å². The summed E-state index contributed by atoms with van der Waals surface area (Å²) in [7, 11) is 0. The van der Waals surface area contributed by atoms with Gasteiger partial charge in [0.05, 0.1) is 6.04 Å². The molecular weight excluding hydrogens is 266 g/mol.